The minimum atomic E-state index is -3.20. The van der Waals surface area contributed by atoms with Crippen LogP contribution in [0.15, 0.2) is 12.7 Å². The minimum absolute atomic E-state index is 0.168. The fourth-order valence-corrected chi connectivity index (χ4v) is 2.94. The van der Waals surface area contributed by atoms with Crippen LogP contribution in [0.3, 0.4) is 0 Å². The van der Waals surface area contributed by atoms with Gasteiger partial charge in [-0.3, -0.25) is 0 Å². The Morgan fingerprint density at radius 2 is 2.11 bits per heavy atom. The molecular formula is C12H26N2O3S. The summed E-state index contributed by atoms with van der Waals surface area (Å²) in [7, 11) is -1.64. The summed E-state index contributed by atoms with van der Waals surface area (Å²) in [6, 6.07) is 0. The number of sulfonamides is 1. The quantitative estimate of drug-likeness (QED) is 0.424. The molecule has 1 N–H and O–H groups in total. The second kappa shape index (κ2) is 10.5. The summed E-state index contributed by atoms with van der Waals surface area (Å²) in [6.07, 6.45) is 3.29. The standard InChI is InChI=1S/C12H26N2O3S/c1-4-7-13-8-6-12-18(15,16)14(9-5-2)10-11-17-3/h5,13H,2,4,6-12H2,1,3H3. The molecule has 0 atom stereocenters. The highest BCUT2D eigenvalue weighted by molar-refractivity contribution is 7.89. The van der Waals surface area contributed by atoms with Crippen molar-refractivity contribution in [2.75, 3.05) is 45.6 Å². The van der Waals surface area contributed by atoms with Crippen LogP contribution in [0.1, 0.15) is 19.8 Å². The Balaban J connectivity index is 4.14. The van der Waals surface area contributed by atoms with Crippen LogP contribution in [0.25, 0.3) is 0 Å². The van der Waals surface area contributed by atoms with Crippen molar-refractivity contribution in [3.05, 3.63) is 12.7 Å². The van der Waals surface area contributed by atoms with E-state index in [1.54, 1.807) is 13.2 Å². The Hall–Kier alpha value is -0.430. The molecule has 0 saturated heterocycles. The van der Waals surface area contributed by atoms with E-state index in [1.165, 1.54) is 4.31 Å². The first-order valence-electron chi connectivity index (χ1n) is 6.36. The van der Waals surface area contributed by atoms with Crippen molar-refractivity contribution in [3.8, 4) is 0 Å². The fraction of sp³-hybridized carbons (Fsp3) is 0.833. The van der Waals surface area contributed by atoms with Crippen LogP contribution in [-0.4, -0.2) is 58.4 Å². The second-order valence-electron chi connectivity index (χ2n) is 4.06. The molecule has 18 heavy (non-hydrogen) atoms. The lowest BCUT2D eigenvalue weighted by atomic mass is 10.4. The Morgan fingerprint density at radius 1 is 1.39 bits per heavy atom. The van der Waals surface area contributed by atoms with Crippen LogP contribution in [0, 0.1) is 0 Å². The van der Waals surface area contributed by atoms with E-state index < -0.39 is 10.0 Å². The van der Waals surface area contributed by atoms with Crippen LogP contribution in [0.4, 0.5) is 0 Å². The Morgan fingerprint density at radius 3 is 2.67 bits per heavy atom. The molecule has 0 radical (unpaired) electrons. The molecule has 6 heteroatoms. The molecule has 0 aromatic heterocycles. The maximum absolute atomic E-state index is 12.1. The third-order valence-electron chi connectivity index (χ3n) is 2.45. The average Bonchev–Trinajstić information content (AvgIpc) is 2.34. The summed E-state index contributed by atoms with van der Waals surface area (Å²) < 4.78 is 30.4. The highest BCUT2D eigenvalue weighted by atomic mass is 32.2. The van der Waals surface area contributed by atoms with Crippen LogP contribution in [-0.2, 0) is 14.8 Å². The first-order valence-corrected chi connectivity index (χ1v) is 7.97. The molecule has 0 rings (SSSR count). The van der Waals surface area contributed by atoms with E-state index in [-0.39, 0.29) is 5.75 Å². The molecule has 0 aromatic carbocycles. The van der Waals surface area contributed by atoms with Gasteiger partial charge in [-0.05, 0) is 25.9 Å². The second-order valence-corrected chi connectivity index (χ2v) is 6.15. The van der Waals surface area contributed by atoms with E-state index in [9.17, 15) is 8.42 Å². The number of hydrogen-bond donors (Lipinski definition) is 1. The van der Waals surface area contributed by atoms with Gasteiger partial charge in [0.2, 0.25) is 10.0 Å². The van der Waals surface area contributed by atoms with Crippen molar-refractivity contribution in [1.29, 1.82) is 0 Å². The molecular weight excluding hydrogens is 252 g/mol. The summed E-state index contributed by atoms with van der Waals surface area (Å²) in [6.45, 7) is 8.46. The highest BCUT2D eigenvalue weighted by Crippen LogP contribution is 2.03. The molecule has 0 heterocycles. The lowest BCUT2D eigenvalue weighted by Crippen LogP contribution is -2.36. The topological polar surface area (TPSA) is 58.6 Å². The third kappa shape index (κ3) is 7.81. The molecule has 0 aliphatic carbocycles. The van der Waals surface area contributed by atoms with Crippen molar-refractivity contribution in [2.45, 2.75) is 19.8 Å². The van der Waals surface area contributed by atoms with Gasteiger partial charge in [-0.2, -0.15) is 4.31 Å². The molecule has 0 saturated carbocycles. The summed E-state index contributed by atoms with van der Waals surface area (Å²) in [4.78, 5) is 0. The zero-order chi connectivity index (χ0) is 13.9. The summed E-state index contributed by atoms with van der Waals surface area (Å²) in [5, 5.41) is 3.19. The number of ether oxygens (including phenoxy) is 1. The van der Waals surface area contributed by atoms with Gasteiger partial charge in [-0.1, -0.05) is 13.0 Å². The van der Waals surface area contributed by atoms with E-state index in [1.807, 2.05) is 0 Å². The predicted molar refractivity (Wildman–Crippen MR) is 75.2 cm³/mol. The lowest BCUT2D eigenvalue weighted by molar-refractivity contribution is 0.182. The number of methoxy groups -OCH3 is 1. The number of hydrogen-bond acceptors (Lipinski definition) is 4. The van der Waals surface area contributed by atoms with Crippen molar-refractivity contribution in [3.63, 3.8) is 0 Å². The fourth-order valence-electron chi connectivity index (χ4n) is 1.49. The van der Waals surface area contributed by atoms with Gasteiger partial charge in [0.25, 0.3) is 0 Å². The van der Waals surface area contributed by atoms with Gasteiger partial charge in [0, 0.05) is 20.2 Å². The monoisotopic (exact) mass is 278 g/mol. The largest absolute Gasteiger partial charge is 0.383 e. The van der Waals surface area contributed by atoms with Gasteiger partial charge in [0.05, 0.1) is 12.4 Å². The molecule has 0 aliphatic rings. The van der Waals surface area contributed by atoms with Gasteiger partial charge in [-0.15, -0.1) is 6.58 Å². The Labute approximate surface area is 111 Å². The maximum Gasteiger partial charge on any atom is 0.214 e. The summed E-state index contributed by atoms with van der Waals surface area (Å²) in [5.41, 5.74) is 0. The maximum atomic E-state index is 12.1. The lowest BCUT2D eigenvalue weighted by Gasteiger charge is -2.20. The Kier molecular flexibility index (Phi) is 10.2. The smallest absolute Gasteiger partial charge is 0.214 e. The first-order chi connectivity index (χ1) is 8.58. The molecule has 0 bridgehead atoms. The van der Waals surface area contributed by atoms with Crippen molar-refractivity contribution >= 4 is 10.0 Å². The first kappa shape index (κ1) is 17.6. The molecule has 0 aliphatic heterocycles. The van der Waals surface area contributed by atoms with Crippen LogP contribution < -0.4 is 5.32 Å². The highest BCUT2D eigenvalue weighted by Gasteiger charge is 2.19. The van der Waals surface area contributed by atoms with E-state index in [2.05, 4.69) is 18.8 Å². The van der Waals surface area contributed by atoms with Gasteiger partial charge in [-0.25, -0.2) is 8.42 Å². The van der Waals surface area contributed by atoms with Gasteiger partial charge in [0.1, 0.15) is 0 Å². The SMILES string of the molecule is C=CCN(CCOC)S(=O)(=O)CCCNCCC. The molecule has 0 fully saturated rings. The number of rotatable bonds is 12. The van der Waals surface area contributed by atoms with Crippen LogP contribution in [0.2, 0.25) is 0 Å². The van der Waals surface area contributed by atoms with Crippen molar-refractivity contribution in [2.24, 2.45) is 0 Å². The zero-order valence-corrected chi connectivity index (χ0v) is 12.3. The third-order valence-corrected chi connectivity index (χ3v) is 4.38. The summed E-state index contributed by atoms with van der Waals surface area (Å²) >= 11 is 0. The normalized spacial score (nSPS) is 11.9. The number of nitrogens with zero attached hydrogens (tertiary/aromatic N) is 1. The Bertz CT molecular complexity index is 304. The number of nitrogens with one attached hydrogen (secondary N) is 1. The molecule has 0 unspecified atom stereocenters. The molecule has 0 aromatic rings. The van der Waals surface area contributed by atoms with Crippen LogP contribution >= 0.6 is 0 Å². The van der Waals surface area contributed by atoms with Gasteiger partial charge >= 0.3 is 0 Å². The van der Waals surface area contributed by atoms with E-state index in [0.29, 0.717) is 26.1 Å². The predicted octanol–water partition coefficient (Wildman–Crippen LogP) is 0.840. The zero-order valence-electron chi connectivity index (χ0n) is 11.5. The molecule has 108 valence electrons. The van der Waals surface area contributed by atoms with Crippen molar-refractivity contribution in [1.82, 2.24) is 9.62 Å². The van der Waals surface area contributed by atoms with Crippen LogP contribution in [0.5, 0.6) is 0 Å². The minimum Gasteiger partial charge on any atom is -0.383 e. The van der Waals surface area contributed by atoms with Crippen molar-refractivity contribution < 1.29 is 13.2 Å². The summed E-state index contributed by atoms with van der Waals surface area (Å²) in [5.74, 6) is 0.168. The molecule has 5 nitrogen and oxygen atoms in total. The van der Waals surface area contributed by atoms with E-state index in [4.69, 9.17) is 4.74 Å². The molecule has 0 spiro atoms. The average molecular weight is 278 g/mol. The molecule has 0 amide bonds. The van der Waals surface area contributed by atoms with E-state index >= 15 is 0 Å². The van der Waals surface area contributed by atoms with E-state index in [0.717, 1.165) is 19.5 Å². The van der Waals surface area contributed by atoms with Gasteiger partial charge < -0.3 is 10.1 Å². The van der Waals surface area contributed by atoms with Gasteiger partial charge in [0.15, 0.2) is 0 Å².